The van der Waals surface area contributed by atoms with Crippen LogP contribution in [0, 0.1) is 5.41 Å². The van der Waals surface area contributed by atoms with Gasteiger partial charge in [0.2, 0.25) is 0 Å². The van der Waals surface area contributed by atoms with Gasteiger partial charge in [-0.25, -0.2) is 0 Å². The molecule has 1 fully saturated rings. The van der Waals surface area contributed by atoms with Crippen molar-refractivity contribution in [3.8, 4) is 5.75 Å². The normalized spacial score (nSPS) is 22.4. The lowest BCUT2D eigenvalue weighted by Crippen LogP contribution is -2.29. The highest BCUT2D eigenvalue weighted by Crippen LogP contribution is 2.49. The van der Waals surface area contributed by atoms with Crippen molar-refractivity contribution in [3.63, 3.8) is 0 Å². The molecular formula is C14H16O2. The predicted molar refractivity (Wildman–Crippen MR) is 61.7 cm³/mol. The van der Waals surface area contributed by atoms with Crippen LogP contribution in [0.25, 0.3) is 0 Å². The van der Waals surface area contributed by atoms with E-state index in [-0.39, 0.29) is 11.2 Å². The first-order chi connectivity index (χ1) is 7.70. The number of rotatable bonds is 0. The Morgan fingerprint density at radius 3 is 2.62 bits per heavy atom. The van der Waals surface area contributed by atoms with Crippen LogP contribution >= 0.6 is 0 Å². The number of benzene rings is 1. The first kappa shape index (κ1) is 9.88. The van der Waals surface area contributed by atoms with Gasteiger partial charge in [-0.05, 0) is 30.7 Å². The van der Waals surface area contributed by atoms with Crippen molar-refractivity contribution in [2.24, 2.45) is 5.41 Å². The molecule has 0 aromatic heterocycles. The number of carbonyl (C=O) groups is 1. The zero-order chi connectivity index (χ0) is 11.2. The summed E-state index contributed by atoms with van der Waals surface area (Å²) in [6.45, 7) is 0. The van der Waals surface area contributed by atoms with Crippen LogP contribution in [0.15, 0.2) is 18.2 Å². The van der Waals surface area contributed by atoms with Gasteiger partial charge in [0.25, 0.3) is 0 Å². The van der Waals surface area contributed by atoms with Gasteiger partial charge in [-0.15, -0.1) is 0 Å². The van der Waals surface area contributed by atoms with Crippen molar-refractivity contribution < 1.29 is 9.90 Å². The second-order valence-electron chi connectivity index (χ2n) is 5.29. The second-order valence-corrected chi connectivity index (χ2v) is 5.29. The molecule has 0 atom stereocenters. The van der Waals surface area contributed by atoms with Crippen LogP contribution in [-0.2, 0) is 6.42 Å². The van der Waals surface area contributed by atoms with Gasteiger partial charge >= 0.3 is 0 Å². The molecule has 0 heterocycles. The maximum absolute atomic E-state index is 12.1. The van der Waals surface area contributed by atoms with Crippen LogP contribution in [0.1, 0.15) is 48.0 Å². The van der Waals surface area contributed by atoms with Crippen molar-refractivity contribution in [1.29, 1.82) is 0 Å². The molecule has 1 spiro atoms. The largest absolute Gasteiger partial charge is 0.508 e. The third-order valence-corrected chi connectivity index (χ3v) is 4.20. The van der Waals surface area contributed by atoms with Crippen molar-refractivity contribution >= 4 is 5.78 Å². The highest BCUT2D eigenvalue weighted by Gasteiger charge is 2.41. The Labute approximate surface area is 95.3 Å². The molecule has 0 radical (unpaired) electrons. The monoisotopic (exact) mass is 216 g/mol. The Morgan fingerprint density at radius 1 is 1.12 bits per heavy atom. The topological polar surface area (TPSA) is 37.3 Å². The lowest BCUT2D eigenvalue weighted by molar-refractivity contribution is 0.0886. The van der Waals surface area contributed by atoms with Gasteiger partial charge in [0.15, 0.2) is 5.78 Å². The van der Waals surface area contributed by atoms with Crippen LogP contribution in [0.5, 0.6) is 5.75 Å². The predicted octanol–water partition coefficient (Wildman–Crippen LogP) is 3.08. The van der Waals surface area contributed by atoms with Gasteiger partial charge in [0, 0.05) is 17.5 Å². The average molecular weight is 216 g/mol. The van der Waals surface area contributed by atoms with E-state index in [1.165, 1.54) is 12.8 Å². The Bertz CT molecular complexity index is 442. The first-order valence-electron chi connectivity index (χ1n) is 6.04. The molecule has 0 aliphatic heterocycles. The zero-order valence-corrected chi connectivity index (χ0v) is 9.33. The molecule has 1 saturated carbocycles. The van der Waals surface area contributed by atoms with E-state index < -0.39 is 0 Å². The van der Waals surface area contributed by atoms with E-state index in [0.717, 1.165) is 30.4 Å². The molecule has 0 amide bonds. The average Bonchev–Trinajstić information content (AvgIpc) is 2.68. The highest BCUT2D eigenvalue weighted by atomic mass is 16.3. The van der Waals surface area contributed by atoms with Crippen LogP contribution in [0.4, 0.5) is 0 Å². The van der Waals surface area contributed by atoms with Crippen LogP contribution < -0.4 is 0 Å². The number of Topliss-reactive ketones (excluding diaryl/α,β-unsaturated/α-hetero) is 1. The molecule has 2 aliphatic carbocycles. The smallest absolute Gasteiger partial charge is 0.163 e. The number of hydrogen-bond donors (Lipinski definition) is 1. The molecule has 2 heteroatoms. The lowest BCUT2D eigenvalue weighted by atomic mass is 9.70. The molecule has 1 N–H and O–H groups in total. The molecule has 16 heavy (non-hydrogen) atoms. The van der Waals surface area contributed by atoms with Crippen molar-refractivity contribution in [3.05, 3.63) is 29.3 Å². The number of hydrogen-bond acceptors (Lipinski definition) is 2. The van der Waals surface area contributed by atoms with Gasteiger partial charge in [-0.2, -0.15) is 0 Å². The van der Waals surface area contributed by atoms with Gasteiger partial charge in [-0.1, -0.05) is 25.0 Å². The van der Waals surface area contributed by atoms with E-state index in [4.69, 9.17) is 0 Å². The molecule has 0 saturated heterocycles. The fourth-order valence-corrected chi connectivity index (χ4v) is 3.37. The fourth-order valence-electron chi connectivity index (χ4n) is 3.37. The molecule has 2 aliphatic rings. The van der Waals surface area contributed by atoms with Crippen molar-refractivity contribution in [2.75, 3.05) is 0 Å². The second kappa shape index (κ2) is 3.34. The highest BCUT2D eigenvalue weighted by molar-refractivity contribution is 5.99. The summed E-state index contributed by atoms with van der Waals surface area (Å²) in [5.74, 6) is 0.524. The quantitative estimate of drug-likeness (QED) is 0.723. The first-order valence-corrected chi connectivity index (χ1v) is 6.04. The Morgan fingerprint density at radius 2 is 1.88 bits per heavy atom. The van der Waals surface area contributed by atoms with E-state index in [1.54, 1.807) is 12.1 Å². The molecule has 0 bridgehead atoms. The van der Waals surface area contributed by atoms with E-state index in [9.17, 15) is 9.90 Å². The fraction of sp³-hybridized carbons (Fsp3) is 0.500. The van der Waals surface area contributed by atoms with E-state index in [1.807, 2.05) is 6.07 Å². The summed E-state index contributed by atoms with van der Waals surface area (Å²) in [5, 5.41) is 9.87. The molecule has 2 nitrogen and oxygen atoms in total. The van der Waals surface area contributed by atoms with E-state index in [0.29, 0.717) is 12.2 Å². The Kier molecular flexibility index (Phi) is 2.06. The minimum Gasteiger partial charge on any atom is -0.508 e. The Balaban J connectivity index is 2.07. The van der Waals surface area contributed by atoms with E-state index in [2.05, 4.69) is 0 Å². The molecule has 0 unspecified atom stereocenters. The van der Waals surface area contributed by atoms with Gasteiger partial charge in [-0.3, -0.25) is 4.79 Å². The van der Waals surface area contributed by atoms with Crippen LogP contribution in [0.3, 0.4) is 0 Å². The summed E-state index contributed by atoms with van der Waals surface area (Å²) in [7, 11) is 0. The molecule has 84 valence electrons. The number of ketones is 1. The number of aromatic hydroxyl groups is 1. The Hall–Kier alpha value is -1.31. The lowest BCUT2D eigenvalue weighted by Gasteiger charge is -2.33. The van der Waals surface area contributed by atoms with Crippen LogP contribution in [-0.4, -0.2) is 10.9 Å². The summed E-state index contributed by atoms with van der Waals surface area (Å²) >= 11 is 0. The van der Waals surface area contributed by atoms with Gasteiger partial charge < -0.3 is 5.11 Å². The summed E-state index contributed by atoms with van der Waals surface area (Å²) in [5.41, 5.74) is 1.81. The zero-order valence-electron chi connectivity index (χ0n) is 9.33. The molecule has 1 aromatic rings. The summed E-state index contributed by atoms with van der Waals surface area (Å²) in [6, 6.07) is 5.30. The molecule has 3 rings (SSSR count). The summed E-state index contributed by atoms with van der Waals surface area (Å²) in [6.07, 6.45) is 6.33. The number of carbonyl (C=O) groups excluding carboxylic acids is 1. The van der Waals surface area contributed by atoms with E-state index >= 15 is 0 Å². The maximum atomic E-state index is 12.1. The summed E-state index contributed by atoms with van der Waals surface area (Å²) in [4.78, 5) is 12.1. The molecular weight excluding hydrogens is 200 g/mol. The number of phenolic OH excluding ortho intramolecular Hbond substituents is 1. The number of fused-ring (bicyclic) bond motifs is 1. The van der Waals surface area contributed by atoms with Crippen molar-refractivity contribution in [2.45, 2.75) is 38.5 Å². The maximum Gasteiger partial charge on any atom is 0.163 e. The van der Waals surface area contributed by atoms with Crippen molar-refractivity contribution in [1.82, 2.24) is 0 Å². The molecule has 1 aromatic carbocycles. The van der Waals surface area contributed by atoms with Gasteiger partial charge in [0.1, 0.15) is 5.75 Å². The minimum atomic E-state index is 0.170. The third kappa shape index (κ3) is 1.36. The third-order valence-electron chi connectivity index (χ3n) is 4.20. The summed E-state index contributed by atoms with van der Waals surface area (Å²) < 4.78 is 0. The van der Waals surface area contributed by atoms with Gasteiger partial charge in [0.05, 0.1) is 0 Å². The SMILES string of the molecule is O=C1CC2(CCCC2)Cc2c(O)cccc21. The number of phenols is 1. The standard InChI is InChI=1S/C14H16O2/c15-12-5-3-4-10-11(12)8-14(9-13(10)16)6-1-2-7-14/h3-5,15H,1-2,6-9H2. The minimum absolute atomic E-state index is 0.170. The van der Waals surface area contributed by atoms with Crippen LogP contribution in [0.2, 0.25) is 0 Å².